The van der Waals surface area contributed by atoms with Gasteiger partial charge in [0.2, 0.25) is 0 Å². The highest BCUT2D eigenvalue weighted by atomic mass is 16.2. The number of hydrogen-bond donors (Lipinski definition) is 1. The highest BCUT2D eigenvalue weighted by Gasteiger charge is 2.24. The summed E-state index contributed by atoms with van der Waals surface area (Å²) < 4.78 is 0. The quantitative estimate of drug-likeness (QED) is 0.708. The third-order valence-corrected chi connectivity index (χ3v) is 2.15. The van der Waals surface area contributed by atoms with Gasteiger partial charge in [-0.1, -0.05) is 30.3 Å². The summed E-state index contributed by atoms with van der Waals surface area (Å²) in [5, 5.41) is 1.44. The molecule has 14 heavy (non-hydrogen) atoms. The average Bonchev–Trinajstić information content (AvgIpc) is 2.23. The molecule has 1 unspecified atom stereocenters. The Morgan fingerprint density at radius 3 is 2.79 bits per heavy atom. The van der Waals surface area contributed by atoms with E-state index < -0.39 is 6.04 Å². The molecule has 4 heteroatoms. The molecule has 1 aliphatic rings. The van der Waals surface area contributed by atoms with Crippen LogP contribution in [0.25, 0.3) is 0 Å². The zero-order valence-corrected chi connectivity index (χ0v) is 7.84. The lowest BCUT2D eigenvalue weighted by molar-refractivity contribution is -0.133. The van der Waals surface area contributed by atoms with Gasteiger partial charge in [-0.3, -0.25) is 20.2 Å². The number of aliphatic imine (C=N–C) groups is 1. The summed E-state index contributed by atoms with van der Waals surface area (Å²) >= 11 is 0. The first-order valence-electron chi connectivity index (χ1n) is 4.39. The van der Waals surface area contributed by atoms with Crippen molar-refractivity contribution in [2.45, 2.75) is 6.04 Å². The van der Waals surface area contributed by atoms with E-state index in [0.29, 0.717) is 0 Å². The van der Waals surface area contributed by atoms with E-state index in [1.54, 1.807) is 13.4 Å². The van der Waals surface area contributed by atoms with Crippen LogP contribution in [0.3, 0.4) is 0 Å². The predicted octanol–water partition coefficient (Wildman–Crippen LogP) is 0.733. The first-order valence-corrected chi connectivity index (χ1v) is 4.39. The Kier molecular flexibility index (Phi) is 2.18. The maximum Gasteiger partial charge on any atom is 0.270 e. The van der Waals surface area contributed by atoms with Crippen molar-refractivity contribution in [1.29, 1.82) is 0 Å². The second-order valence-corrected chi connectivity index (χ2v) is 3.12. The summed E-state index contributed by atoms with van der Waals surface area (Å²) in [6, 6.07) is 9.13. The molecule has 0 radical (unpaired) electrons. The molecular weight excluding hydrogens is 178 g/mol. The molecule has 0 saturated carbocycles. The van der Waals surface area contributed by atoms with Gasteiger partial charge in [-0.25, -0.2) is 0 Å². The van der Waals surface area contributed by atoms with Crippen LogP contribution in [0.4, 0.5) is 0 Å². The fourth-order valence-electron chi connectivity index (χ4n) is 1.37. The highest BCUT2D eigenvalue weighted by Crippen LogP contribution is 2.19. The number of carbonyl (C=O) groups is 1. The average molecular weight is 189 g/mol. The Labute approximate surface area is 82.2 Å². The second-order valence-electron chi connectivity index (χ2n) is 3.12. The number of amides is 1. The molecule has 1 amide bonds. The molecule has 0 fully saturated rings. The van der Waals surface area contributed by atoms with Crippen LogP contribution in [-0.2, 0) is 4.79 Å². The minimum absolute atomic E-state index is 0.0429. The summed E-state index contributed by atoms with van der Waals surface area (Å²) in [6.07, 6.45) is 1.54. The number of rotatable bonds is 1. The van der Waals surface area contributed by atoms with Gasteiger partial charge in [0.15, 0.2) is 6.04 Å². The van der Waals surface area contributed by atoms with Gasteiger partial charge in [0.05, 0.1) is 0 Å². The number of nitrogens with zero attached hydrogens (tertiary/aromatic N) is 2. The third-order valence-electron chi connectivity index (χ3n) is 2.15. The molecule has 0 aromatic heterocycles. The van der Waals surface area contributed by atoms with Crippen LogP contribution in [0.5, 0.6) is 0 Å². The Hall–Kier alpha value is -1.84. The molecule has 1 N–H and O–H groups in total. The van der Waals surface area contributed by atoms with E-state index in [2.05, 4.69) is 10.4 Å². The number of nitrogens with one attached hydrogen (secondary N) is 1. The number of hydrazine groups is 1. The van der Waals surface area contributed by atoms with E-state index >= 15 is 0 Å². The van der Waals surface area contributed by atoms with Crippen LogP contribution in [-0.4, -0.2) is 24.3 Å². The maximum absolute atomic E-state index is 11.7. The molecule has 0 spiro atoms. The Balaban J connectivity index is 2.31. The van der Waals surface area contributed by atoms with Gasteiger partial charge in [0.1, 0.15) is 6.34 Å². The maximum atomic E-state index is 11.7. The van der Waals surface area contributed by atoms with E-state index in [-0.39, 0.29) is 5.91 Å². The number of hydrogen-bond acceptors (Lipinski definition) is 3. The molecule has 1 aromatic rings. The lowest BCUT2D eigenvalue weighted by atomic mass is 10.1. The van der Waals surface area contributed by atoms with Crippen molar-refractivity contribution in [3.05, 3.63) is 35.9 Å². The molecule has 1 heterocycles. The summed E-state index contributed by atoms with van der Waals surface area (Å²) in [5.74, 6) is -0.0429. The Morgan fingerprint density at radius 2 is 2.07 bits per heavy atom. The first-order chi connectivity index (χ1) is 6.79. The summed E-state index contributed by atoms with van der Waals surface area (Å²) in [6.45, 7) is 0. The van der Waals surface area contributed by atoms with Gasteiger partial charge < -0.3 is 0 Å². The first kappa shape index (κ1) is 8.74. The number of benzene rings is 1. The van der Waals surface area contributed by atoms with Gasteiger partial charge in [-0.15, -0.1) is 0 Å². The molecule has 0 aliphatic carbocycles. The van der Waals surface area contributed by atoms with Gasteiger partial charge in [0.25, 0.3) is 5.91 Å². The van der Waals surface area contributed by atoms with Gasteiger partial charge in [-0.2, -0.15) is 0 Å². The summed E-state index contributed by atoms with van der Waals surface area (Å²) in [5.41, 5.74) is 3.64. The monoisotopic (exact) mass is 189 g/mol. The summed E-state index contributed by atoms with van der Waals surface area (Å²) in [7, 11) is 1.68. The molecule has 0 saturated heterocycles. The van der Waals surface area contributed by atoms with Crippen molar-refractivity contribution < 1.29 is 4.79 Å². The SMILES string of the molecule is CN1NC=NC(c2ccccc2)C1=O. The van der Waals surface area contributed by atoms with Crippen molar-refractivity contribution >= 4 is 12.2 Å². The molecule has 1 aromatic carbocycles. The van der Waals surface area contributed by atoms with Crippen molar-refractivity contribution in [3.8, 4) is 0 Å². The zero-order valence-electron chi connectivity index (χ0n) is 7.84. The third kappa shape index (κ3) is 1.46. The molecule has 1 aliphatic heterocycles. The largest absolute Gasteiger partial charge is 0.286 e. The zero-order chi connectivity index (χ0) is 9.97. The van der Waals surface area contributed by atoms with Crippen LogP contribution in [0.2, 0.25) is 0 Å². The number of carbonyl (C=O) groups excluding carboxylic acids is 1. The molecule has 4 nitrogen and oxygen atoms in total. The molecule has 72 valence electrons. The lowest BCUT2D eigenvalue weighted by Gasteiger charge is -2.25. The molecular formula is C10H11N3O. The minimum atomic E-state index is -0.401. The highest BCUT2D eigenvalue weighted by molar-refractivity contribution is 5.87. The van der Waals surface area contributed by atoms with E-state index in [9.17, 15) is 4.79 Å². The van der Waals surface area contributed by atoms with Crippen LogP contribution < -0.4 is 5.43 Å². The Bertz CT molecular complexity index is 361. The smallest absolute Gasteiger partial charge is 0.270 e. The van der Waals surface area contributed by atoms with Crippen molar-refractivity contribution in [1.82, 2.24) is 10.4 Å². The number of likely N-dealkylation sites (N-methyl/N-ethyl adjacent to an activating group) is 1. The molecule has 0 bridgehead atoms. The molecule has 2 rings (SSSR count). The van der Waals surface area contributed by atoms with Crippen LogP contribution in [0.15, 0.2) is 35.3 Å². The van der Waals surface area contributed by atoms with Crippen LogP contribution in [0.1, 0.15) is 11.6 Å². The standard InChI is InChI=1S/C10H11N3O/c1-13-10(14)9(11-7-12-13)8-5-3-2-4-6-8/h2-7,9H,1H3,(H,11,12). The van der Waals surface area contributed by atoms with Gasteiger partial charge in [-0.05, 0) is 5.56 Å². The fourth-order valence-corrected chi connectivity index (χ4v) is 1.37. The lowest BCUT2D eigenvalue weighted by Crippen LogP contribution is -2.44. The van der Waals surface area contributed by atoms with Crippen molar-refractivity contribution in [2.24, 2.45) is 4.99 Å². The van der Waals surface area contributed by atoms with Gasteiger partial charge in [0, 0.05) is 7.05 Å². The van der Waals surface area contributed by atoms with E-state index in [1.165, 1.54) is 5.01 Å². The predicted molar refractivity (Wildman–Crippen MR) is 53.6 cm³/mol. The fraction of sp³-hybridized carbons (Fsp3) is 0.200. The van der Waals surface area contributed by atoms with Gasteiger partial charge >= 0.3 is 0 Å². The van der Waals surface area contributed by atoms with Crippen LogP contribution in [0, 0.1) is 0 Å². The van der Waals surface area contributed by atoms with Crippen molar-refractivity contribution in [2.75, 3.05) is 7.05 Å². The topological polar surface area (TPSA) is 44.7 Å². The van der Waals surface area contributed by atoms with E-state index in [4.69, 9.17) is 0 Å². The second kappa shape index (κ2) is 3.49. The van der Waals surface area contributed by atoms with E-state index in [1.807, 2.05) is 30.3 Å². The molecule has 1 atom stereocenters. The van der Waals surface area contributed by atoms with Crippen LogP contribution >= 0.6 is 0 Å². The Morgan fingerprint density at radius 1 is 1.36 bits per heavy atom. The van der Waals surface area contributed by atoms with Crippen molar-refractivity contribution in [3.63, 3.8) is 0 Å². The minimum Gasteiger partial charge on any atom is -0.286 e. The summed E-state index contributed by atoms with van der Waals surface area (Å²) in [4.78, 5) is 15.8. The van der Waals surface area contributed by atoms with E-state index in [0.717, 1.165) is 5.56 Å². The normalized spacial score (nSPS) is 20.8.